The summed E-state index contributed by atoms with van der Waals surface area (Å²) in [5.41, 5.74) is 0.0302. The van der Waals surface area contributed by atoms with E-state index in [1.165, 1.54) is 17.0 Å². The fourth-order valence-electron chi connectivity index (χ4n) is 4.65. The van der Waals surface area contributed by atoms with Gasteiger partial charge in [-0.2, -0.15) is 13.2 Å². The summed E-state index contributed by atoms with van der Waals surface area (Å²) in [6.07, 6.45) is -2.68. The highest BCUT2D eigenvalue weighted by Crippen LogP contribution is 2.38. The molecule has 0 aliphatic carbocycles. The second-order valence-corrected chi connectivity index (χ2v) is 12.6. The number of benzene rings is 3. The molecular weight excluding hydrogens is 615 g/mol. The van der Waals surface area contributed by atoms with Crippen LogP contribution in [0.4, 0.5) is 18.9 Å². The lowest BCUT2D eigenvalue weighted by molar-refractivity contribution is -0.139. The Morgan fingerprint density at radius 1 is 0.977 bits per heavy atom. The van der Waals surface area contributed by atoms with Crippen molar-refractivity contribution in [2.45, 2.75) is 63.6 Å². The molecule has 0 aromatic heterocycles. The number of aryl methyl sites for hydroxylation is 1. The van der Waals surface area contributed by atoms with E-state index in [4.69, 9.17) is 11.6 Å². The molecule has 0 radical (unpaired) electrons. The third-order valence-electron chi connectivity index (χ3n) is 7.13. The lowest BCUT2D eigenvalue weighted by Gasteiger charge is -2.33. The standard InChI is InChI=1S/C32H37ClF3N3O4S/c1-4-6-19-37-31(41)29(5-2)38(20-18-24-10-8-7-9-11-24)30(40)22-39(44(42,43)26-15-12-23(3)13-16-26)25-14-17-28(33)27(21-25)32(34,35)36/h7-17,21,29H,4-6,18-20,22H2,1-3H3,(H,37,41)/t29-/m0/s1. The van der Waals surface area contributed by atoms with Gasteiger partial charge in [-0.25, -0.2) is 8.42 Å². The van der Waals surface area contributed by atoms with Gasteiger partial charge < -0.3 is 10.2 Å². The molecule has 1 N–H and O–H groups in total. The van der Waals surface area contributed by atoms with E-state index in [-0.39, 0.29) is 29.5 Å². The normalized spacial score (nSPS) is 12.4. The average Bonchev–Trinajstić information content (AvgIpc) is 2.98. The van der Waals surface area contributed by atoms with Crippen molar-refractivity contribution < 1.29 is 31.2 Å². The second-order valence-electron chi connectivity index (χ2n) is 10.4. The van der Waals surface area contributed by atoms with Crippen molar-refractivity contribution in [2.75, 3.05) is 23.9 Å². The SMILES string of the molecule is CCCCNC(=O)[C@H](CC)N(CCc1ccccc1)C(=O)CN(c1ccc(Cl)c(C(F)(F)F)c1)S(=O)(=O)c1ccc(C)cc1. The van der Waals surface area contributed by atoms with Crippen LogP contribution in [0.3, 0.4) is 0 Å². The number of carbonyl (C=O) groups excluding carboxylic acids is 2. The molecule has 3 rings (SSSR count). The Bertz CT molecular complexity index is 1520. The number of hydrogen-bond donors (Lipinski definition) is 1. The van der Waals surface area contributed by atoms with Crippen molar-refractivity contribution >= 4 is 39.1 Å². The van der Waals surface area contributed by atoms with Gasteiger partial charge in [0.1, 0.15) is 12.6 Å². The van der Waals surface area contributed by atoms with Crippen molar-refractivity contribution in [1.82, 2.24) is 10.2 Å². The first-order chi connectivity index (χ1) is 20.8. The van der Waals surface area contributed by atoms with Crippen molar-refractivity contribution in [3.05, 3.63) is 94.5 Å². The zero-order valence-electron chi connectivity index (χ0n) is 24.9. The van der Waals surface area contributed by atoms with E-state index in [1.54, 1.807) is 26.0 Å². The highest BCUT2D eigenvalue weighted by molar-refractivity contribution is 7.92. The van der Waals surface area contributed by atoms with E-state index < -0.39 is 45.3 Å². The first-order valence-corrected chi connectivity index (χ1v) is 16.2. The van der Waals surface area contributed by atoms with E-state index in [1.807, 2.05) is 37.3 Å². The zero-order valence-corrected chi connectivity index (χ0v) is 26.5. The Balaban J connectivity index is 2.08. The largest absolute Gasteiger partial charge is 0.417 e. The molecule has 1 atom stereocenters. The van der Waals surface area contributed by atoms with Crippen molar-refractivity contribution in [2.24, 2.45) is 0 Å². The van der Waals surface area contributed by atoms with Crippen molar-refractivity contribution in [3.8, 4) is 0 Å². The van der Waals surface area contributed by atoms with Gasteiger partial charge in [0.05, 0.1) is 21.2 Å². The summed E-state index contributed by atoms with van der Waals surface area (Å²) in [7, 11) is -4.54. The number of alkyl halides is 3. The summed E-state index contributed by atoms with van der Waals surface area (Å²) >= 11 is 5.83. The van der Waals surface area contributed by atoms with Crippen LogP contribution in [-0.2, 0) is 32.2 Å². The molecule has 0 heterocycles. The van der Waals surface area contributed by atoms with Crippen LogP contribution in [-0.4, -0.2) is 50.8 Å². The first-order valence-electron chi connectivity index (χ1n) is 14.4. The maximum absolute atomic E-state index is 14.1. The van der Waals surface area contributed by atoms with Gasteiger partial charge >= 0.3 is 6.18 Å². The van der Waals surface area contributed by atoms with E-state index >= 15 is 0 Å². The van der Waals surface area contributed by atoms with Gasteiger partial charge in [-0.15, -0.1) is 0 Å². The molecule has 3 aromatic carbocycles. The predicted molar refractivity (Wildman–Crippen MR) is 166 cm³/mol. The molecule has 2 amide bonds. The Morgan fingerprint density at radius 2 is 1.64 bits per heavy atom. The monoisotopic (exact) mass is 651 g/mol. The summed E-state index contributed by atoms with van der Waals surface area (Å²) in [4.78, 5) is 28.4. The van der Waals surface area contributed by atoms with Crippen LogP contribution in [0.1, 0.15) is 49.8 Å². The number of anilines is 1. The van der Waals surface area contributed by atoms with Gasteiger partial charge in [0.2, 0.25) is 11.8 Å². The molecule has 12 heteroatoms. The fraction of sp³-hybridized carbons (Fsp3) is 0.375. The van der Waals surface area contributed by atoms with Crippen LogP contribution in [0.2, 0.25) is 5.02 Å². The number of hydrogen-bond acceptors (Lipinski definition) is 4. The van der Waals surface area contributed by atoms with Crippen molar-refractivity contribution in [3.63, 3.8) is 0 Å². The third-order valence-corrected chi connectivity index (χ3v) is 9.25. The van der Waals surface area contributed by atoms with E-state index in [2.05, 4.69) is 5.32 Å². The Hall–Kier alpha value is -3.57. The van der Waals surface area contributed by atoms with E-state index in [0.29, 0.717) is 23.3 Å². The Labute approximate surface area is 262 Å². The van der Waals surface area contributed by atoms with Gasteiger partial charge in [0, 0.05) is 13.1 Å². The molecule has 0 fully saturated rings. The maximum atomic E-state index is 14.1. The lowest BCUT2D eigenvalue weighted by atomic mass is 10.1. The van der Waals surface area contributed by atoms with Crippen LogP contribution >= 0.6 is 11.6 Å². The highest BCUT2D eigenvalue weighted by Gasteiger charge is 2.37. The summed E-state index contributed by atoms with van der Waals surface area (Å²) in [6, 6.07) is 16.8. The lowest BCUT2D eigenvalue weighted by Crippen LogP contribution is -2.53. The number of unbranched alkanes of at least 4 members (excludes halogenated alkanes) is 1. The van der Waals surface area contributed by atoms with E-state index in [0.717, 1.165) is 36.1 Å². The topological polar surface area (TPSA) is 86.8 Å². The summed E-state index contributed by atoms with van der Waals surface area (Å²) in [5, 5.41) is 2.23. The summed E-state index contributed by atoms with van der Waals surface area (Å²) in [6.45, 7) is 5.11. The van der Waals surface area contributed by atoms with Crippen molar-refractivity contribution in [1.29, 1.82) is 0 Å². The predicted octanol–water partition coefficient (Wildman–Crippen LogP) is 6.63. The molecule has 0 aliphatic heterocycles. The quantitative estimate of drug-likeness (QED) is 0.198. The van der Waals surface area contributed by atoms with Gasteiger partial charge in [0.25, 0.3) is 10.0 Å². The van der Waals surface area contributed by atoms with Crippen LogP contribution < -0.4 is 9.62 Å². The number of sulfonamides is 1. The van der Waals surface area contributed by atoms with Gasteiger partial charge in [-0.3, -0.25) is 13.9 Å². The minimum Gasteiger partial charge on any atom is -0.354 e. The summed E-state index contributed by atoms with van der Waals surface area (Å²) in [5.74, 6) is -1.13. The fourth-order valence-corrected chi connectivity index (χ4v) is 6.28. The smallest absolute Gasteiger partial charge is 0.354 e. The first kappa shape index (κ1) is 34.9. The Morgan fingerprint density at radius 3 is 2.23 bits per heavy atom. The number of nitrogens with one attached hydrogen (secondary N) is 1. The summed E-state index contributed by atoms with van der Waals surface area (Å²) < 4.78 is 69.9. The minimum absolute atomic E-state index is 0.0788. The Kier molecular flexibility index (Phi) is 12.2. The molecule has 7 nitrogen and oxygen atoms in total. The molecule has 44 heavy (non-hydrogen) atoms. The second kappa shape index (κ2) is 15.4. The molecule has 0 bridgehead atoms. The molecular formula is C32H37ClF3N3O4S. The van der Waals surface area contributed by atoms with Crippen LogP contribution in [0, 0.1) is 6.92 Å². The number of nitrogens with zero attached hydrogens (tertiary/aromatic N) is 2. The van der Waals surface area contributed by atoms with Gasteiger partial charge in [-0.1, -0.05) is 79.9 Å². The molecule has 0 aliphatic rings. The average molecular weight is 652 g/mol. The molecule has 0 saturated carbocycles. The maximum Gasteiger partial charge on any atom is 0.417 e. The number of amides is 2. The molecule has 238 valence electrons. The zero-order chi connectivity index (χ0) is 32.5. The molecule has 0 unspecified atom stereocenters. The minimum atomic E-state index is -4.87. The number of carbonyl (C=O) groups is 2. The van der Waals surface area contributed by atoms with Gasteiger partial charge in [0.15, 0.2) is 0 Å². The van der Waals surface area contributed by atoms with Crippen LogP contribution in [0.15, 0.2) is 77.7 Å². The highest BCUT2D eigenvalue weighted by atomic mass is 35.5. The third kappa shape index (κ3) is 8.98. The van der Waals surface area contributed by atoms with Gasteiger partial charge in [-0.05, 0) is 62.1 Å². The molecule has 3 aromatic rings. The van der Waals surface area contributed by atoms with Crippen LogP contribution in [0.5, 0.6) is 0 Å². The molecule has 0 spiro atoms. The number of rotatable bonds is 14. The van der Waals surface area contributed by atoms with Crippen LogP contribution in [0.25, 0.3) is 0 Å². The molecule has 0 saturated heterocycles. The van der Waals surface area contributed by atoms with E-state index in [9.17, 15) is 31.2 Å². The number of halogens is 4.